The third kappa shape index (κ3) is 3.78. The number of carbonyl (C=O) groups is 2. The smallest absolute Gasteiger partial charge is 0.338 e. The van der Waals surface area contributed by atoms with Crippen molar-refractivity contribution in [2.75, 3.05) is 13.7 Å². The molecule has 2 amide bonds. The number of ether oxygens (including phenoxy) is 1. The minimum atomic E-state index is -0.940. The maximum Gasteiger partial charge on any atom is 0.338 e. The van der Waals surface area contributed by atoms with Crippen molar-refractivity contribution in [3.63, 3.8) is 0 Å². The fourth-order valence-electron chi connectivity index (χ4n) is 2.55. The highest BCUT2D eigenvalue weighted by Gasteiger charge is 2.37. The monoisotopic (exact) mass is 347 g/mol. The van der Waals surface area contributed by atoms with E-state index < -0.39 is 23.0 Å². The van der Waals surface area contributed by atoms with Gasteiger partial charge in [-0.2, -0.15) is 0 Å². The molecule has 1 aromatic rings. The Kier molecular flexibility index (Phi) is 5.41. The molecule has 1 aliphatic heterocycles. The highest BCUT2D eigenvalue weighted by Crippen LogP contribution is 2.35. The molecule has 134 valence electrons. The Morgan fingerprint density at radius 3 is 2.64 bits per heavy atom. The predicted molar refractivity (Wildman–Crippen MR) is 90.6 cm³/mol. The Labute approximate surface area is 145 Å². The van der Waals surface area contributed by atoms with Crippen molar-refractivity contribution in [1.29, 1.82) is 0 Å². The molecule has 0 spiro atoms. The highest BCUT2D eigenvalue weighted by atomic mass is 16.6. The number of nitrogens with one attached hydrogen (secondary N) is 1. The highest BCUT2D eigenvalue weighted by molar-refractivity contribution is 5.95. The first kappa shape index (κ1) is 18.4. The van der Waals surface area contributed by atoms with E-state index >= 15 is 0 Å². The summed E-state index contributed by atoms with van der Waals surface area (Å²) < 4.78 is 5.30. The third-order valence-corrected chi connectivity index (χ3v) is 3.97. The second kappa shape index (κ2) is 7.33. The van der Waals surface area contributed by atoms with Crippen molar-refractivity contribution in [2.24, 2.45) is 5.92 Å². The summed E-state index contributed by atoms with van der Waals surface area (Å²) in [4.78, 5) is 36.9. The molecule has 0 saturated carbocycles. The van der Waals surface area contributed by atoms with Crippen LogP contribution in [0.2, 0.25) is 0 Å². The second-order valence-electron chi connectivity index (χ2n) is 6.25. The molecule has 2 rings (SSSR count). The van der Waals surface area contributed by atoms with E-state index in [9.17, 15) is 19.7 Å². The molecular formula is C17H21N3O5. The topological polar surface area (TPSA) is 102 Å². The lowest BCUT2D eigenvalue weighted by Gasteiger charge is -2.33. The number of hydrogen-bond acceptors (Lipinski definition) is 5. The van der Waals surface area contributed by atoms with E-state index in [-0.39, 0.29) is 29.3 Å². The van der Waals surface area contributed by atoms with Crippen LogP contribution in [-0.4, -0.2) is 35.5 Å². The molecule has 0 aliphatic carbocycles. The van der Waals surface area contributed by atoms with Crippen LogP contribution in [0.4, 0.5) is 10.5 Å². The first-order valence-electron chi connectivity index (χ1n) is 7.89. The number of nitrogens with zero attached hydrogens (tertiary/aromatic N) is 2. The van der Waals surface area contributed by atoms with Crippen molar-refractivity contribution in [1.82, 2.24) is 10.2 Å². The van der Waals surface area contributed by atoms with E-state index in [4.69, 9.17) is 4.74 Å². The summed E-state index contributed by atoms with van der Waals surface area (Å²) in [6, 6.07) is 4.64. The van der Waals surface area contributed by atoms with Crippen molar-refractivity contribution in [2.45, 2.75) is 26.8 Å². The Bertz CT molecular complexity index is 742. The van der Waals surface area contributed by atoms with Crippen molar-refractivity contribution in [3.8, 4) is 0 Å². The van der Waals surface area contributed by atoms with Crippen molar-refractivity contribution in [3.05, 3.63) is 51.2 Å². The molecule has 1 N–H and O–H groups in total. The molecule has 1 unspecified atom stereocenters. The fourth-order valence-corrected chi connectivity index (χ4v) is 2.55. The summed E-state index contributed by atoms with van der Waals surface area (Å²) in [6.45, 7) is 5.65. The average Bonchev–Trinajstić information content (AvgIpc) is 2.57. The van der Waals surface area contributed by atoms with Crippen LogP contribution in [0.1, 0.15) is 32.4 Å². The Balaban J connectivity index is 2.52. The van der Waals surface area contributed by atoms with Gasteiger partial charge in [0.25, 0.3) is 5.69 Å². The molecule has 0 saturated heterocycles. The average molecular weight is 347 g/mol. The molecule has 1 aromatic carbocycles. The van der Waals surface area contributed by atoms with Crippen LogP contribution in [0.25, 0.3) is 0 Å². The number of esters is 1. The van der Waals surface area contributed by atoms with Gasteiger partial charge in [0.1, 0.15) is 0 Å². The van der Waals surface area contributed by atoms with E-state index in [0.29, 0.717) is 5.70 Å². The van der Waals surface area contributed by atoms with E-state index in [1.165, 1.54) is 30.1 Å². The quantitative estimate of drug-likeness (QED) is 0.501. The third-order valence-electron chi connectivity index (χ3n) is 3.97. The summed E-state index contributed by atoms with van der Waals surface area (Å²) in [5, 5.41) is 14.0. The second-order valence-corrected chi connectivity index (χ2v) is 6.25. The van der Waals surface area contributed by atoms with Crippen LogP contribution in [0.15, 0.2) is 35.5 Å². The van der Waals surface area contributed by atoms with Gasteiger partial charge in [-0.1, -0.05) is 26.0 Å². The van der Waals surface area contributed by atoms with Gasteiger partial charge in [0.05, 0.1) is 28.7 Å². The minimum Gasteiger partial charge on any atom is -0.462 e. The van der Waals surface area contributed by atoms with E-state index in [1.807, 2.05) is 13.8 Å². The Morgan fingerprint density at radius 1 is 1.40 bits per heavy atom. The van der Waals surface area contributed by atoms with Crippen LogP contribution in [0, 0.1) is 16.0 Å². The minimum absolute atomic E-state index is 0.144. The Morgan fingerprint density at radius 2 is 2.04 bits per heavy atom. The van der Waals surface area contributed by atoms with E-state index in [1.54, 1.807) is 13.0 Å². The summed E-state index contributed by atoms with van der Waals surface area (Å²) in [6.07, 6.45) is 0. The number of para-hydroxylation sites is 1. The molecule has 8 heteroatoms. The molecule has 0 fully saturated rings. The van der Waals surface area contributed by atoms with Gasteiger partial charge in [0.2, 0.25) is 0 Å². The lowest BCUT2D eigenvalue weighted by Crippen LogP contribution is -2.46. The molecule has 0 radical (unpaired) electrons. The van der Waals surface area contributed by atoms with Gasteiger partial charge in [-0.15, -0.1) is 0 Å². The number of hydrogen-bond donors (Lipinski definition) is 1. The number of carbonyl (C=O) groups excluding carboxylic acids is 2. The molecule has 8 nitrogen and oxygen atoms in total. The summed E-state index contributed by atoms with van der Waals surface area (Å²) in [5.41, 5.74) is 0.668. The van der Waals surface area contributed by atoms with Crippen molar-refractivity contribution < 1.29 is 19.2 Å². The lowest BCUT2D eigenvalue weighted by atomic mass is 9.94. The van der Waals surface area contributed by atoms with Gasteiger partial charge in [0, 0.05) is 18.8 Å². The molecular weight excluding hydrogens is 326 g/mol. The fraction of sp³-hybridized carbons (Fsp3) is 0.412. The van der Waals surface area contributed by atoms with Crippen molar-refractivity contribution >= 4 is 17.7 Å². The zero-order valence-corrected chi connectivity index (χ0v) is 14.6. The number of nitro groups is 1. The molecule has 25 heavy (non-hydrogen) atoms. The van der Waals surface area contributed by atoms with Gasteiger partial charge in [-0.3, -0.25) is 10.1 Å². The van der Waals surface area contributed by atoms with Gasteiger partial charge in [-0.25, -0.2) is 9.59 Å². The number of allylic oxidation sites excluding steroid dienone is 1. The maximum atomic E-state index is 12.6. The number of rotatable bonds is 5. The van der Waals surface area contributed by atoms with Gasteiger partial charge >= 0.3 is 12.0 Å². The van der Waals surface area contributed by atoms with Crippen LogP contribution < -0.4 is 5.32 Å². The first-order valence-corrected chi connectivity index (χ1v) is 7.89. The van der Waals surface area contributed by atoms with E-state index in [0.717, 1.165) is 0 Å². The number of nitro benzene ring substituents is 1. The number of benzene rings is 1. The van der Waals surface area contributed by atoms with E-state index in [2.05, 4.69) is 5.32 Å². The number of amides is 2. The predicted octanol–water partition coefficient (Wildman–Crippen LogP) is 2.76. The van der Waals surface area contributed by atoms with Crippen LogP contribution in [-0.2, 0) is 9.53 Å². The normalized spacial score (nSPS) is 17.6. The molecule has 1 aliphatic rings. The Hall–Kier alpha value is -2.90. The standard InChI is InChI=1S/C17H21N3O5/c1-10(2)9-25-16(21)14-11(3)19(4)17(22)18-15(14)12-7-5-6-8-13(12)20(23)24/h5-8,10,15H,9H2,1-4H3,(H,18,22). The van der Waals surface area contributed by atoms with Gasteiger partial charge < -0.3 is 15.0 Å². The molecule has 1 heterocycles. The molecule has 0 bridgehead atoms. The number of urea groups is 1. The summed E-state index contributed by atoms with van der Waals surface area (Å²) in [7, 11) is 1.52. The maximum absolute atomic E-state index is 12.6. The SMILES string of the molecule is CC1=C(C(=O)OCC(C)C)C(c2ccccc2[N+](=O)[O-])NC(=O)N1C. The first-order chi connectivity index (χ1) is 11.7. The van der Waals surface area contributed by atoms with Gasteiger partial charge in [0.15, 0.2) is 0 Å². The van der Waals surface area contributed by atoms with Crippen LogP contribution in [0.5, 0.6) is 0 Å². The van der Waals surface area contributed by atoms with Gasteiger partial charge in [-0.05, 0) is 18.9 Å². The molecule has 1 atom stereocenters. The zero-order chi connectivity index (χ0) is 18.7. The zero-order valence-electron chi connectivity index (χ0n) is 14.6. The lowest BCUT2D eigenvalue weighted by molar-refractivity contribution is -0.385. The van der Waals surface area contributed by atoms with Crippen LogP contribution >= 0.6 is 0 Å². The molecule has 0 aromatic heterocycles. The largest absolute Gasteiger partial charge is 0.462 e. The summed E-state index contributed by atoms with van der Waals surface area (Å²) in [5.74, 6) is -0.452. The summed E-state index contributed by atoms with van der Waals surface area (Å²) >= 11 is 0. The van der Waals surface area contributed by atoms with Crippen LogP contribution in [0.3, 0.4) is 0 Å².